The zero-order valence-corrected chi connectivity index (χ0v) is 9.52. The number of carbonyl (C=O) groups is 1. The summed E-state index contributed by atoms with van der Waals surface area (Å²) >= 11 is 0. The molecule has 0 aliphatic heterocycles. The van der Waals surface area contributed by atoms with Gasteiger partial charge in [0.25, 0.3) is 0 Å². The third kappa shape index (κ3) is 2.61. The van der Waals surface area contributed by atoms with Gasteiger partial charge in [-0.2, -0.15) is 5.10 Å². The van der Waals surface area contributed by atoms with E-state index in [1.165, 1.54) is 0 Å². The number of nitrogens with zero attached hydrogens (tertiary/aromatic N) is 2. The minimum Gasteiger partial charge on any atom is -0.354 e. The van der Waals surface area contributed by atoms with Crippen LogP contribution in [0.25, 0.3) is 0 Å². The summed E-state index contributed by atoms with van der Waals surface area (Å²) in [5, 5.41) is 7.02. The normalized spacial score (nSPS) is 19.1. The molecule has 5 heteroatoms. The summed E-state index contributed by atoms with van der Waals surface area (Å²) in [6.45, 7) is 3.54. The lowest BCUT2D eigenvalue weighted by atomic mass is 10.1. The lowest BCUT2D eigenvalue weighted by molar-refractivity contribution is -0.123. The fraction of sp³-hybridized carbons (Fsp3) is 0.636. The second-order valence-electron chi connectivity index (χ2n) is 4.70. The zero-order chi connectivity index (χ0) is 11.6. The number of amides is 1. The fourth-order valence-electron chi connectivity index (χ4n) is 1.60. The molecule has 88 valence electrons. The fourth-order valence-corrected chi connectivity index (χ4v) is 1.60. The topological polar surface area (TPSA) is 72.9 Å². The van der Waals surface area contributed by atoms with E-state index < -0.39 is 5.54 Å². The van der Waals surface area contributed by atoms with Crippen molar-refractivity contribution in [3.05, 3.63) is 18.5 Å². The number of aromatic nitrogens is 2. The third-order valence-corrected chi connectivity index (χ3v) is 2.91. The van der Waals surface area contributed by atoms with Crippen molar-refractivity contribution in [3.63, 3.8) is 0 Å². The van der Waals surface area contributed by atoms with Crippen LogP contribution in [0.4, 0.5) is 0 Å². The first-order valence-electron chi connectivity index (χ1n) is 5.65. The Hall–Kier alpha value is -1.36. The summed E-state index contributed by atoms with van der Waals surface area (Å²) in [5.41, 5.74) is 5.22. The molecule has 1 amide bonds. The maximum Gasteiger partial charge on any atom is 0.240 e. The average Bonchev–Trinajstić information content (AvgIpc) is 2.79. The minimum absolute atomic E-state index is 0.0141. The zero-order valence-electron chi connectivity index (χ0n) is 9.52. The van der Waals surface area contributed by atoms with Gasteiger partial charge in [0.2, 0.25) is 5.91 Å². The van der Waals surface area contributed by atoms with Crippen LogP contribution in [-0.2, 0) is 11.3 Å². The van der Waals surface area contributed by atoms with E-state index in [1.54, 1.807) is 6.20 Å². The predicted molar refractivity (Wildman–Crippen MR) is 60.6 cm³/mol. The van der Waals surface area contributed by atoms with E-state index in [-0.39, 0.29) is 5.91 Å². The molecule has 1 unspecified atom stereocenters. The molecule has 1 atom stereocenters. The second kappa shape index (κ2) is 4.25. The van der Waals surface area contributed by atoms with Gasteiger partial charge in [0, 0.05) is 25.5 Å². The molecule has 0 saturated heterocycles. The van der Waals surface area contributed by atoms with Gasteiger partial charge >= 0.3 is 0 Å². The van der Waals surface area contributed by atoms with Gasteiger partial charge in [0.1, 0.15) is 0 Å². The molecule has 1 aromatic rings. The number of nitrogens with one attached hydrogen (secondary N) is 1. The number of nitrogens with two attached hydrogens (primary N) is 1. The van der Waals surface area contributed by atoms with Crippen molar-refractivity contribution in [2.75, 3.05) is 6.54 Å². The van der Waals surface area contributed by atoms with Crippen molar-refractivity contribution in [3.8, 4) is 0 Å². The standard InChI is InChI=1S/C11H18N4O/c1-9(8-15-6-2-5-14-15)7-13-10(16)11(12)3-4-11/h2,5-6,9H,3-4,7-8,12H2,1H3,(H,13,16). The van der Waals surface area contributed by atoms with Crippen molar-refractivity contribution in [1.82, 2.24) is 15.1 Å². The smallest absolute Gasteiger partial charge is 0.240 e. The number of rotatable bonds is 5. The maximum absolute atomic E-state index is 11.6. The highest BCUT2D eigenvalue weighted by molar-refractivity contribution is 5.88. The molecular formula is C11H18N4O. The van der Waals surface area contributed by atoms with Gasteiger partial charge in [0.15, 0.2) is 0 Å². The van der Waals surface area contributed by atoms with E-state index in [0.717, 1.165) is 19.4 Å². The van der Waals surface area contributed by atoms with Gasteiger partial charge in [0.05, 0.1) is 5.54 Å². The quantitative estimate of drug-likeness (QED) is 0.743. The van der Waals surface area contributed by atoms with Crippen LogP contribution in [0.2, 0.25) is 0 Å². The average molecular weight is 222 g/mol. The van der Waals surface area contributed by atoms with E-state index in [4.69, 9.17) is 5.73 Å². The molecular weight excluding hydrogens is 204 g/mol. The number of hydrogen-bond donors (Lipinski definition) is 2. The summed E-state index contributed by atoms with van der Waals surface area (Å²) in [5.74, 6) is 0.339. The van der Waals surface area contributed by atoms with Crippen LogP contribution in [0.15, 0.2) is 18.5 Å². The Morgan fingerprint density at radius 2 is 2.44 bits per heavy atom. The van der Waals surface area contributed by atoms with Gasteiger partial charge < -0.3 is 11.1 Å². The first kappa shape index (κ1) is 11.1. The summed E-state index contributed by atoms with van der Waals surface area (Å²) in [4.78, 5) is 11.6. The Labute approximate surface area is 95.0 Å². The molecule has 1 fully saturated rings. The molecule has 3 N–H and O–H groups in total. The van der Waals surface area contributed by atoms with Crippen molar-refractivity contribution in [2.45, 2.75) is 31.8 Å². The number of hydrogen-bond acceptors (Lipinski definition) is 3. The van der Waals surface area contributed by atoms with E-state index in [1.807, 2.05) is 16.9 Å². The van der Waals surface area contributed by atoms with Crippen LogP contribution >= 0.6 is 0 Å². The summed E-state index contributed by atoms with van der Waals surface area (Å²) in [6, 6.07) is 1.89. The van der Waals surface area contributed by atoms with Gasteiger partial charge in [-0.3, -0.25) is 9.48 Å². The van der Waals surface area contributed by atoms with Gasteiger partial charge in [-0.25, -0.2) is 0 Å². The van der Waals surface area contributed by atoms with Crippen molar-refractivity contribution >= 4 is 5.91 Å². The Kier molecular flexibility index (Phi) is 2.96. The molecule has 1 aromatic heterocycles. The largest absolute Gasteiger partial charge is 0.354 e. The molecule has 5 nitrogen and oxygen atoms in total. The molecule has 1 saturated carbocycles. The van der Waals surface area contributed by atoms with Crippen LogP contribution in [-0.4, -0.2) is 27.8 Å². The van der Waals surface area contributed by atoms with E-state index in [2.05, 4.69) is 17.3 Å². The molecule has 0 radical (unpaired) electrons. The predicted octanol–water partition coefficient (Wildman–Crippen LogP) is 0.127. The van der Waals surface area contributed by atoms with E-state index in [9.17, 15) is 4.79 Å². The molecule has 1 heterocycles. The minimum atomic E-state index is -0.564. The maximum atomic E-state index is 11.6. The second-order valence-corrected chi connectivity index (χ2v) is 4.70. The lowest BCUT2D eigenvalue weighted by Gasteiger charge is -2.15. The lowest BCUT2D eigenvalue weighted by Crippen LogP contribution is -2.44. The van der Waals surface area contributed by atoms with Crippen LogP contribution in [0.3, 0.4) is 0 Å². The Bertz CT molecular complexity index is 356. The molecule has 0 bridgehead atoms. The van der Waals surface area contributed by atoms with Crippen LogP contribution < -0.4 is 11.1 Å². The van der Waals surface area contributed by atoms with Crippen molar-refractivity contribution in [2.24, 2.45) is 11.7 Å². The van der Waals surface area contributed by atoms with Crippen LogP contribution in [0.1, 0.15) is 19.8 Å². The van der Waals surface area contributed by atoms with Crippen LogP contribution in [0, 0.1) is 5.92 Å². The van der Waals surface area contributed by atoms with Gasteiger partial charge in [-0.05, 0) is 24.8 Å². The Morgan fingerprint density at radius 3 is 3.00 bits per heavy atom. The Balaban J connectivity index is 1.71. The van der Waals surface area contributed by atoms with E-state index in [0.29, 0.717) is 12.5 Å². The highest BCUT2D eigenvalue weighted by atomic mass is 16.2. The molecule has 2 rings (SSSR count). The molecule has 1 aliphatic carbocycles. The van der Waals surface area contributed by atoms with E-state index >= 15 is 0 Å². The molecule has 16 heavy (non-hydrogen) atoms. The van der Waals surface area contributed by atoms with Crippen LogP contribution in [0.5, 0.6) is 0 Å². The van der Waals surface area contributed by atoms with Crippen molar-refractivity contribution < 1.29 is 4.79 Å². The summed E-state index contributed by atoms with van der Waals surface area (Å²) in [6.07, 6.45) is 5.30. The Morgan fingerprint density at radius 1 is 1.69 bits per heavy atom. The summed E-state index contributed by atoms with van der Waals surface area (Å²) < 4.78 is 1.87. The number of carbonyl (C=O) groups excluding carboxylic acids is 1. The first-order chi connectivity index (χ1) is 7.60. The summed E-state index contributed by atoms with van der Waals surface area (Å²) in [7, 11) is 0. The highest BCUT2D eigenvalue weighted by Gasteiger charge is 2.45. The monoisotopic (exact) mass is 222 g/mol. The van der Waals surface area contributed by atoms with Crippen molar-refractivity contribution in [1.29, 1.82) is 0 Å². The molecule has 0 aromatic carbocycles. The molecule has 1 aliphatic rings. The highest BCUT2D eigenvalue weighted by Crippen LogP contribution is 2.32. The van der Waals surface area contributed by atoms with Gasteiger partial charge in [-0.1, -0.05) is 6.92 Å². The molecule has 0 spiro atoms. The van der Waals surface area contributed by atoms with Gasteiger partial charge in [-0.15, -0.1) is 0 Å². The SMILES string of the molecule is CC(CNC(=O)C1(N)CC1)Cn1cccn1. The first-order valence-corrected chi connectivity index (χ1v) is 5.65. The third-order valence-electron chi connectivity index (χ3n) is 2.91.